The first-order valence-electron chi connectivity index (χ1n) is 11.4. The van der Waals surface area contributed by atoms with Crippen LogP contribution in [-0.4, -0.2) is 69.9 Å². The van der Waals surface area contributed by atoms with Crippen molar-refractivity contribution in [1.29, 1.82) is 0 Å². The Morgan fingerprint density at radius 2 is 1.97 bits per heavy atom. The summed E-state index contributed by atoms with van der Waals surface area (Å²) >= 11 is 1.54. The van der Waals surface area contributed by atoms with Crippen molar-refractivity contribution < 1.29 is 9.84 Å². The summed E-state index contributed by atoms with van der Waals surface area (Å²) in [6, 6.07) is 8.26. The van der Waals surface area contributed by atoms with E-state index in [9.17, 15) is 5.11 Å². The lowest BCUT2D eigenvalue weighted by Gasteiger charge is -2.35. The third kappa shape index (κ3) is 3.98. The SMILES string of the molecule is OC(c1nc2cnccc2s1)C1CCCN(c2nnnc3cc(N4CCOCC4)ccc23)C1. The van der Waals surface area contributed by atoms with Gasteiger partial charge in [-0.05, 0) is 42.3 Å². The molecule has 5 heterocycles. The van der Waals surface area contributed by atoms with Gasteiger partial charge in [0.1, 0.15) is 16.6 Å². The highest BCUT2D eigenvalue weighted by Gasteiger charge is 2.30. The molecule has 2 aliphatic rings. The summed E-state index contributed by atoms with van der Waals surface area (Å²) in [4.78, 5) is 13.3. The molecule has 0 bridgehead atoms. The van der Waals surface area contributed by atoms with Crippen LogP contribution in [-0.2, 0) is 4.74 Å². The number of aliphatic hydroxyl groups excluding tert-OH is 1. The molecule has 0 aliphatic carbocycles. The number of pyridine rings is 1. The molecule has 4 aromatic rings. The van der Waals surface area contributed by atoms with Gasteiger partial charge >= 0.3 is 0 Å². The van der Waals surface area contributed by atoms with Gasteiger partial charge in [0.15, 0.2) is 5.82 Å². The molecule has 0 saturated carbocycles. The van der Waals surface area contributed by atoms with Gasteiger partial charge in [0.25, 0.3) is 0 Å². The van der Waals surface area contributed by atoms with Gasteiger partial charge in [0.2, 0.25) is 0 Å². The normalized spacial score (nSPS) is 20.5. The Hall–Kier alpha value is -2.95. The minimum Gasteiger partial charge on any atom is -0.386 e. The van der Waals surface area contributed by atoms with Crippen molar-refractivity contribution in [2.45, 2.75) is 18.9 Å². The fraction of sp³-hybridized carbons (Fsp3) is 0.435. The average Bonchev–Trinajstić information content (AvgIpc) is 3.32. The summed E-state index contributed by atoms with van der Waals surface area (Å²) in [7, 11) is 0. The standard InChI is InChI=1S/C23H25N7O2S/c31-21(23-25-19-13-24-6-5-20(19)33-23)15-2-1-7-30(14-15)22-17-4-3-16(12-18(17)26-28-27-22)29-8-10-32-11-9-29/h3-6,12-13,15,21,31H,1-2,7-11,14H2. The van der Waals surface area contributed by atoms with Gasteiger partial charge in [0.05, 0.1) is 29.6 Å². The van der Waals surface area contributed by atoms with Crippen LogP contribution in [0, 0.1) is 5.92 Å². The van der Waals surface area contributed by atoms with Crippen LogP contribution in [0.1, 0.15) is 24.0 Å². The third-order valence-electron chi connectivity index (χ3n) is 6.55. The maximum atomic E-state index is 11.1. The number of hydrogen-bond acceptors (Lipinski definition) is 10. The van der Waals surface area contributed by atoms with Crippen LogP contribution in [0.4, 0.5) is 11.5 Å². The molecule has 170 valence electrons. The Bertz CT molecular complexity index is 1240. The maximum absolute atomic E-state index is 11.1. The topological polar surface area (TPSA) is 100 Å². The third-order valence-corrected chi connectivity index (χ3v) is 7.66. The Balaban J connectivity index is 1.25. The number of aliphatic hydroxyl groups is 1. The van der Waals surface area contributed by atoms with Crippen LogP contribution in [0.15, 0.2) is 36.7 Å². The number of hydrogen-bond donors (Lipinski definition) is 1. The minimum atomic E-state index is -0.612. The quantitative estimate of drug-likeness (QED) is 0.490. The number of benzene rings is 1. The Morgan fingerprint density at radius 1 is 1.06 bits per heavy atom. The molecule has 2 aliphatic heterocycles. The second-order valence-electron chi connectivity index (χ2n) is 8.60. The van der Waals surface area contributed by atoms with Crippen LogP contribution in [0.25, 0.3) is 21.1 Å². The highest BCUT2D eigenvalue weighted by molar-refractivity contribution is 7.18. The summed E-state index contributed by atoms with van der Waals surface area (Å²) in [5, 5.41) is 25.7. The monoisotopic (exact) mass is 463 g/mol. The molecular weight excluding hydrogens is 438 g/mol. The van der Waals surface area contributed by atoms with Gasteiger partial charge in [-0.1, -0.05) is 0 Å². The van der Waals surface area contributed by atoms with Crippen LogP contribution in [0.3, 0.4) is 0 Å². The smallest absolute Gasteiger partial charge is 0.162 e. The van der Waals surface area contributed by atoms with Crippen molar-refractivity contribution in [2.75, 3.05) is 49.2 Å². The first-order valence-corrected chi connectivity index (χ1v) is 12.2. The van der Waals surface area contributed by atoms with Gasteiger partial charge in [-0.25, -0.2) is 4.98 Å². The van der Waals surface area contributed by atoms with E-state index in [1.807, 2.05) is 6.07 Å². The average molecular weight is 464 g/mol. The molecule has 10 heteroatoms. The van der Waals surface area contributed by atoms with E-state index in [2.05, 4.69) is 53.4 Å². The molecule has 2 saturated heterocycles. The van der Waals surface area contributed by atoms with E-state index in [0.717, 1.165) is 83.3 Å². The van der Waals surface area contributed by atoms with E-state index in [0.29, 0.717) is 6.54 Å². The highest BCUT2D eigenvalue weighted by Crippen LogP contribution is 2.36. The molecule has 33 heavy (non-hydrogen) atoms. The summed E-state index contributed by atoms with van der Waals surface area (Å²) in [6.45, 7) is 4.83. The minimum absolute atomic E-state index is 0.0740. The molecule has 9 nitrogen and oxygen atoms in total. The van der Waals surface area contributed by atoms with E-state index in [4.69, 9.17) is 4.74 Å². The van der Waals surface area contributed by atoms with E-state index in [1.165, 1.54) is 0 Å². The second kappa shape index (κ2) is 8.77. The molecule has 6 rings (SSSR count). The Morgan fingerprint density at radius 3 is 2.85 bits per heavy atom. The molecule has 0 spiro atoms. The molecule has 0 amide bonds. The lowest BCUT2D eigenvalue weighted by atomic mass is 9.92. The van der Waals surface area contributed by atoms with Crippen LogP contribution in [0.2, 0.25) is 0 Å². The first-order chi connectivity index (χ1) is 16.3. The molecule has 1 N–H and O–H groups in total. The molecule has 0 radical (unpaired) electrons. The summed E-state index contributed by atoms with van der Waals surface area (Å²) in [6.07, 6.45) is 4.82. The van der Waals surface area contributed by atoms with Gasteiger partial charge in [-0.2, -0.15) is 0 Å². The fourth-order valence-electron chi connectivity index (χ4n) is 4.80. The first kappa shape index (κ1) is 20.6. The molecule has 3 aromatic heterocycles. The Kier molecular flexibility index (Phi) is 5.49. The fourth-order valence-corrected chi connectivity index (χ4v) is 5.81. The van der Waals surface area contributed by atoms with Crippen LogP contribution in [0.5, 0.6) is 0 Å². The Labute approximate surface area is 195 Å². The van der Waals surface area contributed by atoms with Crippen molar-refractivity contribution in [3.8, 4) is 0 Å². The number of piperidine rings is 1. The summed E-state index contributed by atoms with van der Waals surface area (Å²) < 4.78 is 6.52. The zero-order valence-electron chi connectivity index (χ0n) is 18.2. The predicted molar refractivity (Wildman–Crippen MR) is 128 cm³/mol. The van der Waals surface area contributed by atoms with Gasteiger partial charge in [-0.15, -0.1) is 21.5 Å². The largest absolute Gasteiger partial charge is 0.386 e. The van der Waals surface area contributed by atoms with Crippen molar-refractivity contribution in [1.82, 2.24) is 25.4 Å². The number of aromatic nitrogens is 5. The lowest BCUT2D eigenvalue weighted by molar-refractivity contribution is 0.0979. The van der Waals surface area contributed by atoms with Gasteiger partial charge in [-0.3, -0.25) is 4.98 Å². The molecule has 2 atom stereocenters. The van der Waals surface area contributed by atoms with Gasteiger partial charge in [0, 0.05) is 49.4 Å². The highest BCUT2D eigenvalue weighted by atomic mass is 32.1. The number of thiazole rings is 1. The van der Waals surface area contributed by atoms with Crippen molar-refractivity contribution in [2.24, 2.45) is 5.92 Å². The molecular formula is C23H25N7O2S. The summed E-state index contributed by atoms with van der Waals surface area (Å²) in [5.41, 5.74) is 2.81. The van der Waals surface area contributed by atoms with Crippen molar-refractivity contribution >= 4 is 44.0 Å². The molecule has 1 aromatic carbocycles. The maximum Gasteiger partial charge on any atom is 0.162 e. The second-order valence-corrected chi connectivity index (χ2v) is 9.66. The van der Waals surface area contributed by atoms with E-state index in [1.54, 1.807) is 23.7 Å². The number of nitrogens with zero attached hydrogens (tertiary/aromatic N) is 7. The molecule has 2 unspecified atom stereocenters. The zero-order valence-corrected chi connectivity index (χ0v) is 19.0. The van der Waals surface area contributed by atoms with Crippen LogP contribution < -0.4 is 9.80 Å². The number of ether oxygens (including phenoxy) is 1. The van der Waals surface area contributed by atoms with Gasteiger partial charge < -0.3 is 19.6 Å². The number of fused-ring (bicyclic) bond motifs is 2. The number of anilines is 2. The van der Waals surface area contributed by atoms with E-state index in [-0.39, 0.29) is 5.92 Å². The lowest BCUT2D eigenvalue weighted by Crippen LogP contribution is -2.38. The predicted octanol–water partition coefficient (Wildman–Crippen LogP) is 2.82. The van der Waals surface area contributed by atoms with Crippen molar-refractivity contribution in [3.05, 3.63) is 41.7 Å². The number of rotatable bonds is 4. The van der Waals surface area contributed by atoms with E-state index >= 15 is 0 Å². The zero-order chi connectivity index (χ0) is 22.2. The molecule has 2 fully saturated rings. The number of morpholine rings is 1. The van der Waals surface area contributed by atoms with E-state index < -0.39 is 6.10 Å². The van der Waals surface area contributed by atoms with Crippen LogP contribution >= 0.6 is 11.3 Å². The summed E-state index contributed by atoms with van der Waals surface area (Å²) in [5.74, 6) is 0.906. The van der Waals surface area contributed by atoms with Crippen molar-refractivity contribution in [3.63, 3.8) is 0 Å².